The highest BCUT2D eigenvalue weighted by molar-refractivity contribution is 5.54. The Labute approximate surface area is 121 Å². The summed E-state index contributed by atoms with van der Waals surface area (Å²) in [7, 11) is 0. The summed E-state index contributed by atoms with van der Waals surface area (Å²) in [6.07, 6.45) is 11.4. The third-order valence-electron chi connectivity index (χ3n) is 2.89. The van der Waals surface area contributed by atoms with E-state index in [2.05, 4.69) is 15.5 Å². The van der Waals surface area contributed by atoms with Crippen molar-refractivity contribution >= 4 is 11.8 Å². The van der Waals surface area contributed by atoms with Gasteiger partial charge >= 0.3 is 0 Å². The highest BCUT2D eigenvalue weighted by Gasteiger charge is 2.15. The van der Waals surface area contributed by atoms with Crippen LogP contribution in [0.1, 0.15) is 5.82 Å². The van der Waals surface area contributed by atoms with E-state index in [-0.39, 0.29) is 5.69 Å². The molecule has 1 fully saturated rings. The van der Waals surface area contributed by atoms with Crippen LogP contribution in [0, 0.1) is 41.7 Å². The molecule has 0 bridgehead atoms. The largest absolute Gasteiger partial charge is 0.271 e. The Hall–Kier alpha value is -2.57. The number of nitro benzene ring substituents is 1. The second-order valence-corrected chi connectivity index (χ2v) is 4.28. The van der Waals surface area contributed by atoms with E-state index in [4.69, 9.17) is 0 Å². The van der Waals surface area contributed by atoms with E-state index in [9.17, 15) is 10.1 Å². The van der Waals surface area contributed by atoms with Gasteiger partial charge in [-0.3, -0.25) is 10.1 Å². The molecule has 0 atom stereocenters. The maximum atomic E-state index is 10.8. The van der Waals surface area contributed by atoms with Crippen molar-refractivity contribution in [2.24, 2.45) is 0 Å². The first kappa shape index (κ1) is 13.4. The Morgan fingerprint density at radius 2 is 2.00 bits per heavy atom. The van der Waals surface area contributed by atoms with Crippen LogP contribution in [-0.4, -0.2) is 25.1 Å². The van der Waals surface area contributed by atoms with E-state index in [0.29, 0.717) is 11.5 Å². The van der Waals surface area contributed by atoms with E-state index >= 15 is 0 Å². The second kappa shape index (κ2) is 5.82. The predicted molar refractivity (Wildman–Crippen MR) is 75.3 cm³/mol. The minimum Gasteiger partial charge on any atom is -0.258 e. The summed E-state index contributed by atoms with van der Waals surface area (Å²) in [6.45, 7) is 0. The maximum absolute atomic E-state index is 10.8. The van der Waals surface area contributed by atoms with Crippen molar-refractivity contribution in [1.82, 2.24) is 20.2 Å². The molecular formula is C14H10N5O2. The molecule has 103 valence electrons. The zero-order valence-corrected chi connectivity index (χ0v) is 10.8. The SMILES string of the molecule is O=[N+]([O-])c1cccc(-n2nnnc2/C=C/[C]2[CH][CH][CH][CH]2)c1. The molecule has 0 spiro atoms. The molecule has 2 aromatic rings. The Balaban J connectivity index is 1.87. The fourth-order valence-electron chi connectivity index (χ4n) is 1.89. The summed E-state index contributed by atoms with van der Waals surface area (Å²) in [6, 6.07) is 6.16. The lowest BCUT2D eigenvalue weighted by Gasteiger charge is -2.02. The van der Waals surface area contributed by atoms with Crippen molar-refractivity contribution in [3.8, 4) is 5.69 Å². The summed E-state index contributed by atoms with van der Waals surface area (Å²) in [4.78, 5) is 10.4. The summed E-state index contributed by atoms with van der Waals surface area (Å²) in [5.74, 6) is 1.53. The highest BCUT2D eigenvalue weighted by Crippen LogP contribution is 2.25. The summed E-state index contributed by atoms with van der Waals surface area (Å²) < 4.78 is 1.45. The third kappa shape index (κ3) is 2.96. The molecule has 0 aliphatic heterocycles. The average molecular weight is 280 g/mol. The van der Waals surface area contributed by atoms with Gasteiger partial charge < -0.3 is 0 Å². The van der Waals surface area contributed by atoms with Crippen LogP contribution in [0.2, 0.25) is 0 Å². The molecule has 7 heteroatoms. The number of aromatic nitrogens is 4. The van der Waals surface area contributed by atoms with E-state index < -0.39 is 4.92 Å². The highest BCUT2D eigenvalue weighted by atomic mass is 16.6. The van der Waals surface area contributed by atoms with Gasteiger partial charge in [0.1, 0.15) is 0 Å². The monoisotopic (exact) mass is 280 g/mol. The average Bonchev–Trinajstić information content (AvgIpc) is 3.16. The van der Waals surface area contributed by atoms with Gasteiger partial charge in [0.15, 0.2) is 5.82 Å². The van der Waals surface area contributed by atoms with Gasteiger partial charge in [-0.15, -0.1) is 5.10 Å². The Kier molecular flexibility index (Phi) is 3.72. The number of benzene rings is 1. The van der Waals surface area contributed by atoms with E-state index in [1.165, 1.54) is 16.8 Å². The molecule has 1 aromatic carbocycles. The van der Waals surface area contributed by atoms with Crippen molar-refractivity contribution in [1.29, 1.82) is 0 Å². The van der Waals surface area contributed by atoms with E-state index in [0.717, 1.165) is 5.92 Å². The maximum Gasteiger partial charge on any atom is 0.271 e. The van der Waals surface area contributed by atoms with Gasteiger partial charge in [-0.1, -0.05) is 12.1 Å². The second-order valence-electron chi connectivity index (χ2n) is 4.28. The summed E-state index contributed by atoms with van der Waals surface area (Å²) >= 11 is 0. The molecule has 21 heavy (non-hydrogen) atoms. The molecule has 0 N–H and O–H groups in total. The van der Waals surface area contributed by atoms with E-state index in [1.807, 2.05) is 31.8 Å². The van der Waals surface area contributed by atoms with Crippen molar-refractivity contribution < 1.29 is 4.92 Å². The fraction of sp³-hybridized carbons (Fsp3) is 0. The van der Waals surface area contributed by atoms with Gasteiger partial charge in [-0.25, -0.2) is 0 Å². The van der Waals surface area contributed by atoms with Gasteiger partial charge in [-0.05, 0) is 48.3 Å². The van der Waals surface area contributed by atoms with Crippen molar-refractivity contribution in [3.63, 3.8) is 0 Å². The van der Waals surface area contributed by atoms with Gasteiger partial charge in [0.25, 0.3) is 5.69 Å². The van der Waals surface area contributed by atoms with Crippen LogP contribution in [0.15, 0.2) is 30.3 Å². The molecule has 0 unspecified atom stereocenters. The lowest BCUT2D eigenvalue weighted by atomic mass is 10.1. The summed E-state index contributed by atoms with van der Waals surface area (Å²) in [5, 5.41) is 22.2. The molecule has 1 saturated carbocycles. The lowest BCUT2D eigenvalue weighted by molar-refractivity contribution is -0.384. The van der Waals surface area contributed by atoms with Gasteiger partial charge in [0, 0.05) is 18.1 Å². The Morgan fingerprint density at radius 1 is 1.19 bits per heavy atom. The van der Waals surface area contributed by atoms with Gasteiger partial charge in [0.2, 0.25) is 0 Å². The first-order valence-corrected chi connectivity index (χ1v) is 6.17. The number of hydrogen-bond acceptors (Lipinski definition) is 5. The summed E-state index contributed by atoms with van der Waals surface area (Å²) in [5.41, 5.74) is 0.533. The van der Waals surface area contributed by atoms with E-state index in [1.54, 1.807) is 18.2 Å². The van der Waals surface area contributed by atoms with Crippen LogP contribution in [-0.2, 0) is 0 Å². The number of nitro groups is 1. The fourth-order valence-corrected chi connectivity index (χ4v) is 1.89. The number of rotatable bonds is 4. The van der Waals surface area contributed by atoms with Crippen LogP contribution >= 0.6 is 0 Å². The van der Waals surface area contributed by atoms with Crippen LogP contribution in [0.4, 0.5) is 5.69 Å². The molecule has 1 heterocycles. The normalized spacial score (nSPS) is 15.8. The minimum atomic E-state index is -0.451. The van der Waals surface area contributed by atoms with Gasteiger partial charge in [0.05, 0.1) is 10.6 Å². The standard InChI is InChI=1S/C14H10N5O2/c20-19(21)13-7-3-6-12(10-13)18-14(15-16-17-18)9-8-11-4-1-2-5-11/h1-10H/b9-8+. The number of hydrogen-bond donors (Lipinski definition) is 0. The molecule has 1 aliphatic rings. The first-order chi connectivity index (χ1) is 10.2. The van der Waals surface area contributed by atoms with Crippen LogP contribution in [0.3, 0.4) is 0 Å². The Bertz CT molecular complexity index is 674. The van der Waals surface area contributed by atoms with Crippen LogP contribution in [0.25, 0.3) is 11.8 Å². The molecule has 1 aromatic heterocycles. The number of nitrogens with zero attached hydrogens (tertiary/aromatic N) is 5. The van der Waals surface area contributed by atoms with Crippen molar-refractivity contribution in [3.05, 3.63) is 77.9 Å². The van der Waals surface area contributed by atoms with Crippen LogP contribution in [0.5, 0.6) is 0 Å². The number of tetrazole rings is 1. The molecule has 0 amide bonds. The molecule has 7 nitrogen and oxygen atoms in total. The smallest absolute Gasteiger partial charge is 0.258 e. The topological polar surface area (TPSA) is 86.7 Å². The molecule has 0 saturated heterocycles. The van der Waals surface area contributed by atoms with Crippen LogP contribution < -0.4 is 0 Å². The molecular weight excluding hydrogens is 270 g/mol. The number of allylic oxidation sites excluding steroid dienone is 1. The predicted octanol–water partition coefficient (Wildman–Crippen LogP) is 1.99. The van der Waals surface area contributed by atoms with Gasteiger partial charge in [-0.2, -0.15) is 4.68 Å². The van der Waals surface area contributed by atoms with Crippen molar-refractivity contribution in [2.75, 3.05) is 0 Å². The number of non-ortho nitro benzene ring substituents is 1. The molecule has 3 rings (SSSR count). The quantitative estimate of drug-likeness (QED) is 0.631. The lowest BCUT2D eigenvalue weighted by Crippen LogP contribution is -2.01. The molecule has 5 radical (unpaired) electrons. The minimum absolute atomic E-state index is 0.00559. The zero-order valence-electron chi connectivity index (χ0n) is 10.8. The zero-order chi connectivity index (χ0) is 14.7. The molecule has 1 aliphatic carbocycles. The third-order valence-corrected chi connectivity index (χ3v) is 2.89. The first-order valence-electron chi connectivity index (χ1n) is 6.17. The Morgan fingerprint density at radius 3 is 2.76 bits per heavy atom. The van der Waals surface area contributed by atoms with Crippen molar-refractivity contribution in [2.45, 2.75) is 0 Å².